The standard InChI is InChI=1S/C20H17N3S/c1-20(16-10-4-2-5-11-16,24-17-12-6-3-7-13-17)23-19-15-9-8-14-18(19)21-22-23/h2-15H,1H3. The Bertz CT molecular complexity index is 950. The van der Waals surface area contributed by atoms with Crippen LogP contribution in [0.1, 0.15) is 12.5 Å². The molecule has 1 aromatic heterocycles. The Kier molecular flexibility index (Phi) is 3.82. The number of hydrogen-bond acceptors (Lipinski definition) is 3. The number of para-hydroxylation sites is 1. The highest BCUT2D eigenvalue weighted by Gasteiger charge is 2.33. The van der Waals surface area contributed by atoms with Crippen molar-refractivity contribution in [2.24, 2.45) is 0 Å². The van der Waals surface area contributed by atoms with Crippen LogP contribution in [0.3, 0.4) is 0 Å². The molecule has 0 aliphatic heterocycles. The van der Waals surface area contributed by atoms with Crippen LogP contribution in [0.25, 0.3) is 11.0 Å². The summed E-state index contributed by atoms with van der Waals surface area (Å²) in [6, 6.07) is 29.0. The van der Waals surface area contributed by atoms with Gasteiger partial charge in [-0.05, 0) is 36.8 Å². The third-order valence-electron chi connectivity index (χ3n) is 4.13. The van der Waals surface area contributed by atoms with Crippen molar-refractivity contribution in [3.05, 3.63) is 90.5 Å². The molecule has 1 unspecified atom stereocenters. The van der Waals surface area contributed by atoms with E-state index in [2.05, 4.69) is 71.8 Å². The zero-order valence-corrected chi connectivity index (χ0v) is 14.1. The zero-order valence-electron chi connectivity index (χ0n) is 13.3. The summed E-state index contributed by atoms with van der Waals surface area (Å²) in [7, 11) is 0. The molecule has 118 valence electrons. The molecule has 0 bridgehead atoms. The van der Waals surface area contributed by atoms with Gasteiger partial charge >= 0.3 is 0 Å². The van der Waals surface area contributed by atoms with E-state index < -0.39 is 4.87 Å². The minimum atomic E-state index is -0.390. The Balaban J connectivity index is 1.90. The number of rotatable bonds is 4. The van der Waals surface area contributed by atoms with Gasteiger partial charge in [-0.15, -0.1) is 5.10 Å². The first kappa shape index (κ1) is 15.0. The molecule has 0 N–H and O–H groups in total. The normalized spacial score (nSPS) is 13.7. The lowest BCUT2D eigenvalue weighted by atomic mass is 10.1. The van der Waals surface area contributed by atoms with E-state index in [0.29, 0.717) is 0 Å². The molecular formula is C20H17N3S. The highest BCUT2D eigenvalue weighted by molar-refractivity contribution is 8.00. The fourth-order valence-electron chi connectivity index (χ4n) is 2.87. The van der Waals surface area contributed by atoms with Crippen molar-refractivity contribution < 1.29 is 0 Å². The van der Waals surface area contributed by atoms with Crippen LogP contribution >= 0.6 is 11.8 Å². The summed E-state index contributed by atoms with van der Waals surface area (Å²) in [6.45, 7) is 2.20. The maximum Gasteiger partial charge on any atom is 0.137 e. The first-order chi connectivity index (χ1) is 11.8. The van der Waals surface area contributed by atoms with Gasteiger partial charge in [0, 0.05) is 4.90 Å². The van der Waals surface area contributed by atoms with Gasteiger partial charge in [0.1, 0.15) is 10.4 Å². The first-order valence-corrected chi connectivity index (χ1v) is 8.69. The van der Waals surface area contributed by atoms with Crippen LogP contribution in [0.4, 0.5) is 0 Å². The highest BCUT2D eigenvalue weighted by Crippen LogP contribution is 2.43. The van der Waals surface area contributed by atoms with Gasteiger partial charge in [-0.1, -0.05) is 77.6 Å². The average Bonchev–Trinajstić information content (AvgIpc) is 3.08. The Morgan fingerprint density at radius 2 is 1.42 bits per heavy atom. The quantitative estimate of drug-likeness (QED) is 0.496. The second-order valence-corrected chi connectivity index (χ2v) is 7.22. The lowest BCUT2D eigenvalue weighted by Gasteiger charge is -2.30. The maximum atomic E-state index is 4.49. The predicted molar refractivity (Wildman–Crippen MR) is 99.0 cm³/mol. The van der Waals surface area contributed by atoms with Gasteiger partial charge in [0.15, 0.2) is 0 Å². The van der Waals surface area contributed by atoms with Gasteiger partial charge in [-0.2, -0.15) is 0 Å². The van der Waals surface area contributed by atoms with Crippen LogP contribution in [-0.4, -0.2) is 15.0 Å². The molecule has 0 fully saturated rings. The van der Waals surface area contributed by atoms with Crippen molar-refractivity contribution in [1.29, 1.82) is 0 Å². The third-order valence-corrected chi connectivity index (χ3v) is 5.44. The molecule has 24 heavy (non-hydrogen) atoms. The van der Waals surface area contributed by atoms with Gasteiger partial charge in [0.2, 0.25) is 0 Å². The molecule has 1 atom stereocenters. The van der Waals surface area contributed by atoms with Crippen molar-refractivity contribution >= 4 is 22.8 Å². The lowest BCUT2D eigenvalue weighted by Crippen LogP contribution is -2.29. The molecule has 3 aromatic carbocycles. The molecular weight excluding hydrogens is 314 g/mol. The van der Waals surface area contributed by atoms with E-state index in [9.17, 15) is 0 Å². The molecule has 0 radical (unpaired) electrons. The second kappa shape index (κ2) is 6.13. The van der Waals surface area contributed by atoms with Crippen LogP contribution in [0.5, 0.6) is 0 Å². The number of benzene rings is 3. The molecule has 0 aliphatic rings. The largest absolute Gasteiger partial charge is 0.224 e. The lowest BCUT2D eigenvalue weighted by molar-refractivity contribution is 0.510. The van der Waals surface area contributed by atoms with Gasteiger partial charge in [0.25, 0.3) is 0 Å². The van der Waals surface area contributed by atoms with E-state index in [1.807, 2.05) is 35.0 Å². The van der Waals surface area contributed by atoms with E-state index in [1.54, 1.807) is 11.8 Å². The predicted octanol–water partition coefficient (Wildman–Crippen LogP) is 4.94. The Hall–Kier alpha value is -2.59. The van der Waals surface area contributed by atoms with Gasteiger partial charge < -0.3 is 0 Å². The topological polar surface area (TPSA) is 30.7 Å². The number of nitrogens with zero attached hydrogens (tertiary/aromatic N) is 3. The van der Waals surface area contributed by atoms with Crippen molar-refractivity contribution in [1.82, 2.24) is 15.0 Å². The van der Waals surface area contributed by atoms with E-state index in [-0.39, 0.29) is 0 Å². The summed E-state index contributed by atoms with van der Waals surface area (Å²) >= 11 is 1.78. The molecule has 4 rings (SSSR count). The van der Waals surface area contributed by atoms with E-state index in [1.165, 1.54) is 10.5 Å². The number of hydrogen-bond donors (Lipinski definition) is 0. The zero-order chi connectivity index (χ0) is 16.4. The van der Waals surface area contributed by atoms with Crippen LogP contribution < -0.4 is 0 Å². The van der Waals surface area contributed by atoms with Crippen molar-refractivity contribution in [3.8, 4) is 0 Å². The summed E-state index contributed by atoms with van der Waals surface area (Å²) in [5.74, 6) is 0. The number of aromatic nitrogens is 3. The molecule has 1 heterocycles. The average molecular weight is 331 g/mol. The van der Waals surface area contributed by atoms with Crippen molar-refractivity contribution in [3.63, 3.8) is 0 Å². The second-order valence-electron chi connectivity index (χ2n) is 5.75. The number of thioether (sulfide) groups is 1. The minimum absolute atomic E-state index is 0.390. The summed E-state index contributed by atoms with van der Waals surface area (Å²) in [4.78, 5) is 0.807. The molecule has 0 spiro atoms. The van der Waals surface area contributed by atoms with Crippen LogP contribution in [0.2, 0.25) is 0 Å². The Morgan fingerprint density at radius 3 is 2.17 bits per heavy atom. The maximum absolute atomic E-state index is 4.49. The van der Waals surface area contributed by atoms with E-state index in [4.69, 9.17) is 0 Å². The van der Waals surface area contributed by atoms with Gasteiger partial charge in [-0.3, -0.25) is 0 Å². The van der Waals surface area contributed by atoms with Crippen LogP contribution in [0.15, 0.2) is 89.8 Å². The summed E-state index contributed by atoms with van der Waals surface area (Å²) in [5.41, 5.74) is 3.13. The molecule has 0 saturated carbocycles. The molecule has 4 aromatic rings. The van der Waals surface area contributed by atoms with Crippen molar-refractivity contribution in [2.75, 3.05) is 0 Å². The summed E-state index contributed by atoms with van der Waals surface area (Å²) < 4.78 is 2.02. The fraction of sp³-hybridized carbons (Fsp3) is 0.100. The monoisotopic (exact) mass is 331 g/mol. The molecule has 0 aliphatic carbocycles. The fourth-order valence-corrected chi connectivity index (χ4v) is 4.10. The summed E-state index contributed by atoms with van der Waals surface area (Å²) in [5, 5.41) is 8.84. The van der Waals surface area contributed by atoms with Crippen molar-refractivity contribution in [2.45, 2.75) is 16.7 Å². The number of fused-ring (bicyclic) bond motifs is 1. The van der Waals surface area contributed by atoms with Crippen LogP contribution in [0, 0.1) is 0 Å². The van der Waals surface area contributed by atoms with E-state index in [0.717, 1.165) is 11.0 Å². The van der Waals surface area contributed by atoms with E-state index >= 15 is 0 Å². The SMILES string of the molecule is CC(Sc1ccccc1)(c1ccccc1)n1nnc2ccccc21. The Morgan fingerprint density at radius 1 is 0.792 bits per heavy atom. The molecule has 0 amide bonds. The molecule has 0 saturated heterocycles. The smallest absolute Gasteiger partial charge is 0.137 e. The molecule has 4 heteroatoms. The van der Waals surface area contributed by atoms with Gasteiger partial charge in [0.05, 0.1) is 5.52 Å². The Labute approximate surface area is 145 Å². The molecule has 3 nitrogen and oxygen atoms in total. The highest BCUT2D eigenvalue weighted by atomic mass is 32.2. The van der Waals surface area contributed by atoms with Gasteiger partial charge in [-0.25, -0.2) is 4.68 Å². The van der Waals surface area contributed by atoms with Crippen LogP contribution in [-0.2, 0) is 4.87 Å². The third kappa shape index (κ3) is 2.59. The summed E-state index contributed by atoms with van der Waals surface area (Å²) in [6.07, 6.45) is 0. The first-order valence-electron chi connectivity index (χ1n) is 7.88. The minimum Gasteiger partial charge on any atom is -0.224 e.